The van der Waals surface area contributed by atoms with Crippen molar-refractivity contribution in [2.45, 2.75) is 28.9 Å². The fourth-order valence-electron chi connectivity index (χ4n) is 4.95. The minimum atomic E-state index is -4.10. The zero-order valence-electron chi connectivity index (χ0n) is 22.4. The summed E-state index contributed by atoms with van der Waals surface area (Å²) in [5.41, 5.74) is 1.75. The van der Waals surface area contributed by atoms with Gasteiger partial charge in [-0.1, -0.05) is 97.1 Å². The third kappa shape index (κ3) is 6.41. The number of sulfonamides is 2. The van der Waals surface area contributed by atoms with Crippen LogP contribution in [0.4, 0.5) is 0 Å². The standard InChI is InChI=1S/C31H31N3O5S2/c35-31(32(23-26-13-5-1-6-14-26)24-27-15-7-2-8-16-27)30-25-33(40(36,37)28-17-9-3-10-18-28)21-22-34(30)41(38,39)29-19-11-4-12-20-29/h1-20,30H,21-25H2/t30-/m0/s1. The number of amides is 1. The summed E-state index contributed by atoms with van der Waals surface area (Å²) in [5, 5.41) is 0. The monoisotopic (exact) mass is 589 g/mol. The fraction of sp³-hybridized carbons (Fsp3) is 0.194. The highest BCUT2D eigenvalue weighted by Crippen LogP contribution is 2.27. The molecule has 0 N–H and O–H groups in total. The van der Waals surface area contributed by atoms with Crippen molar-refractivity contribution >= 4 is 26.0 Å². The van der Waals surface area contributed by atoms with Gasteiger partial charge >= 0.3 is 0 Å². The minimum absolute atomic E-state index is 0.0508. The summed E-state index contributed by atoms with van der Waals surface area (Å²) in [4.78, 5) is 16.1. The molecule has 10 heteroatoms. The smallest absolute Gasteiger partial charge is 0.243 e. The van der Waals surface area contributed by atoms with E-state index in [-0.39, 0.29) is 42.5 Å². The number of piperazine rings is 1. The quantitative estimate of drug-likeness (QED) is 0.294. The Kier molecular flexibility index (Phi) is 8.65. The summed E-state index contributed by atoms with van der Waals surface area (Å²) in [5.74, 6) is -0.467. The van der Waals surface area contributed by atoms with E-state index in [1.165, 1.54) is 28.6 Å². The van der Waals surface area contributed by atoms with Crippen LogP contribution in [-0.4, -0.2) is 61.9 Å². The molecule has 1 atom stereocenters. The molecule has 0 aliphatic carbocycles. The van der Waals surface area contributed by atoms with Crippen LogP contribution in [0.25, 0.3) is 0 Å². The summed E-state index contributed by atoms with van der Waals surface area (Å²) >= 11 is 0. The van der Waals surface area contributed by atoms with Gasteiger partial charge in [-0.2, -0.15) is 8.61 Å². The molecule has 4 aromatic rings. The van der Waals surface area contributed by atoms with E-state index < -0.39 is 32.0 Å². The Bertz CT molecular complexity index is 1630. The van der Waals surface area contributed by atoms with Crippen molar-refractivity contribution in [3.8, 4) is 0 Å². The SMILES string of the molecule is O=C([C@@H]1CN(S(=O)(=O)c2ccccc2)CCN1S(=O)(=O)c1ccccc1)N(Cc1ccccc1)Cc1ccccc1. The van der Waals surface area contributed by atoms with Gasteiger partial charge in [0.2, 0.25) is 26.0 Å². The number of carbonyl (C=O) groups is 1. The average Bonchev–Trinajstić information content (AvgIpc) is 3.02. The van der Waals surface area contributed by atoms with Gasteiger partial charge in [-0.3, -0.25) is 4.79 Å². The molecule has 1 amide bonds. The van der Waals surface area contributed by atoms with Crippen LogP contribution in [0.1, 0.15) is 11.1 Å². The van der Waals surface area contributed by atoms with Crippen LogP contribution in [0.3, 0.4) is 0 Å². The highest BCUT2D eigenvalue weighted by atomic mass is 32.2. The van der Waals surface area contributed by atoms with Crippen LogP contribution in [-0.2, 0) is 37.9 Å². The molecule has 0 unspecified atom stereocenters. The molecule has 1 aliphatic heterocycles. The van der Waals surface area contributed by atoms with Crippen molar-refractivity contribution in [1.82, 2.24) is 13.5 Å². The fourth-order valence-corrected chi connectivity index (χ4v) is 7.99. The number of nitrogens with zero attached hydrogens (tertiary/aromatic N) is 3. The Morgan fingerprint density at radius 2 is 1.02 bits per heavy atom. The zero-order valence-corrected chi connectivity index (χ0v) is 24.0. The predicted molar refractivity (Wildman–Crippen MR) is 156 cm³/mol. The first kappa shape index (κ1) is 28.7. The van der Waals surface area contributed by atoms with Crippen molar-refractivity contribution in [1.29, 1.82) is 0 Å². The van der Waals surface area contributed by atoms with Crippen LogP contribution < -0.4 is 0 Å². The first-order chi connectivity index (χ1) is 19.8. The molecule has 8 nitrogen and oxygen atoms in total. The topological polar surface area (TPSA) is 95.1 Å². The second kappa shape index (κ2) is 12.4. The third-order valence-corrected chi connectivity index (χ3v) is 10.9. The first-order valence-electron chi connectivity index (χ1n) is 13.3. The van der Waals surface area contributed by atoms with E-state index in [1.54, 1.807) is 41.3 Å². The Morgan fingerprint density at radius 1 is 0.610 bits per heavy atom. The normalized spacial score (nSPS) is 16.7. The summed E-state index contributed by atoms with van der Waals surface area (Å²) in [6, 6.07) is 33.5. The van der Waals surface area contributed by atoms with Crippen molar-refractivity contribution in [3.05, 3.63) is 132 Å². The molecular formula is C31H31N3O5S2. The van der Waals surface area contributed by atoms with Crippen LogP contribution in [0.15, 0.2) is 131 Å². The first-order valence-corrected chi connectivity index (χ1v) is 16.1. The van der Waals surface area contributed by atoms with Crippen molar-refractivity contribution < 1.29 is 21.6 Å². The lowest BCUT2D eigenvalue weighted by molar-refractivity contribution is -0.137. The number of hydrogen-bond acceptors (Lipinski definition) is 5. The maximum Gasteiger partial charge on any atom is 0.243 e. The highest BCUT2D eigenvalue weighted by Gasteiger charge is 2.44. The number of rotatable bonds is 9. The molecule has 0 aromatic heterocycles. The lowest BCUT2D eigenvalue weighted by Crippen LogP contribution is -2.61. The third-order valence-electron chi connectivity index (χ3n) is 7.05. The van der Waals surface area contributed by atoms with Crippen LogP contribution in [0, 0.1) is 0 Å². The summed E-state index contributed by atoms with van der Waals surface area (Å²) < 4.78 is 57.2. The Hall–Kier alpha value is -3.83. The second-order valence-corrected chi connectivity index (χ2v) is 13.6. The highest BCUT2D eigenvalue weighted by molar-refractivity contribution is 7.89. The maximum absolute atomic E-state index is 14.4. The van der Waals surface area contributed by atoms with Gasteiger partial charge in [0.1, 0.15) is 6.04 Å². The van der Waals surface area contributed by atoms with Crippen LogP contribution in [0.2, 0.25) is 0 Å². The number of hydrogen-bond donors (Lipinski definition) is 0. The Balaban J connectivity index is 1.54. The van der Waals surface area contributed by atoms with Gasteiger partial charge in [-0.05, 0) is 35.4 Å². The van der Waals surface area contributed by atoms with Crippen molar-refractivity contribution in [2.75, 3.05) is 19.6 Å². The zero-order chi connectivity index (χ0) is 28.9. The van der Waals surface area contributed by atoms with E-state index in [0.717, 1.165) is 15.4 Å². The molecule has 0 saturated carbocycles. The van der Waals surface area contributed by atoms with Gasteiger partial charge in [-0.25, -0.2) is 16.8 Å². The van der Waals surface area contributed by atoms with Gasteiger partial charge in [-0.15, -0.1) is 0 Å². The van der Waals surface area contributed by atoms with E-state index in [1.807, 2.05) is 60.7 Å². The molecule has 41 heavy (non-hydrogen) atoms. The summed E-state index contributed by atoms with van der Waals surface area (Å²) in [6.45, 7) is -0.0810. The molecule has 1 aliphatic rings. The molecule has 5 rings (SSSR count). The molecule has 1 fully saturated rings. The van der Waals surface area contributed by atoms with E-state index >= 15 is 0 Å². The van der Waals surface area contributed by atoms with Crippen LogP contribution in [0.5, 0.6) is 0 Å². The molecule has 1 saturated heterocycles. The van der Waals surface area contributed by atoms with E-state index in [9.17, 15) is 21.6 Å². The van der Waals surface area contributed by atoms with Crippen LogP contribution >= 0.6 is 0 Å². The lowest BCUT2D eigenvalue weighted by atomic mass is 10.1. The molecule has 1 heterocycles. The van der Waals surface area contributed by atoms with Gasteiger partial charge < -0.3 is 4.90 Å². The molecule has 0 spiro atoms. The Labute approximate surface area is 241 Å². The van der Waals surface area contributed by atoms with E-state index in [2.05, 4.69) is 0 Å². The van der Waals surface area contributed by atoms with Gasteiger partial charge in [0.25, 0.3) is 0 Å². The minimum Gasteiger partial charge on any atom is -0.333 e. The van der Waals surface area contributed by atoms with Crippen molar-refractivity contribution in [3.63, 3.8) is 0 Å². The van der Waals surface area contributed by atoms with Gasteiger partial charge in [0.05, 0.1) is 9.79 Å². The number of benzene rings is 4. The van der Waals surface area contributed by atoms with Gasteiger partial charge in [0.15, 0.2) is 0 Å². The molecule has 4 aromatic carbocycles. The Morgan fingerprint density at radius 3 is 1.49 bits per heavy atom. The second-order valence-electron chi connectivity index (χ2n) is 9.79. The molecule has 212 valence electrons. The summed E-state index contributed by atoms with van der Waals surface area (Å²) in [7, 11) is -8.07. The van der Waals surface area contributed by atoms with E-state index in [0.29, 0.717) is 0 Å². The molecule has 0 bridgehead atoms. The predicted octanol–water partition coefficient (Wildman–Crippen LogP) is 3.98. The maximum atomic E-state index is 14.4. The summed E-state index contributed by atoms with van der Waals surface area (Å²) in [6.07, 6.45) is 0. The largest absolute Gasteiger partial charge is 0.333 e. The number of carbonyl (C=O) groups excluding carboxylic acids is 1. The molecule has 0 radical (unpaired) electrons. The average molecular weight is 590 g/mol. The van der Waals surface area contributed by atoms with E-state index in [4.69, 9.17) is 0 Å². The molecular weight excluding hydrogens is 558 g/mol. The lowest BCUT2D eigenvalue weighted by Gasteiger charge is -2.41. The van der Waals surface area contributed by atoms with Crippen molar-refractivity contribution in [2.24, 2.45) is 0 Å². The van der Waals surface area contributed by atoms with Gasteiger partial charge in [0, 0.05) is 32.7 Å².